The molecular formula is C20H14ClN3OS2. The van der Waals surface area contributed by atoms with E-state index >= 15 is 0 Å². The van der Waals surface area contributed by atoms with Crippen molar-refractivity contribution in [3.05, 3.63) is 92.8 Å². The first-order valence-corrected chi connectivity index (χ1v) is 10.3. The minimum atomic E-state index is -0.310. The van der Waals surface area contributed by atoms with E-state index in [9.17, 15) is 4.79 Å². The molecule has 27 heavy (non-hydrogen) atoms. The van der Waals surface area contributed by atoms with E-state index in [2.05, 4.69) is 15.3 Å². The number of carbonyl (C=O) groups excluding carboxylic acids is 1. The van der Waals surface area contributed by atoms with Gasteiger partial charge in [-0.25, -0.2) is 9.97 Å². The number of aromatic nitrogens is 2. The van der Waals surface area contributed by atoms with Crippen LogP contribution in [-0.2, 0) is 0 Å². The quantitative estimate of drug-likeness (QED) is 0.475. The average Bonchev–Trinajstić information content (AvgIpc) is 3.39. The molecule has 134 valence electrons. The van der Waals surface area contributed by atoms with Crippen LogP contribution in [0.5, 0.6) is 0 Å². The molecule has 0 aliphatic heterocycles. The van der Waals surface area contributed by atoms with Gasteiger partial charge < -0.3 is 5.32 Å². The van der Waals surface area contributed by atoms with Crippen LogP contribution in [0.3, 0.4) is 0 Å². The number of rotatable bonds is 5. The molecule has 0 aliphatic rings. The van der Waals surface area contributed by atoms with Gasteiger partial charge in [-0.15, -0.1) is 22.7 Å². The van der Waals surface area contributed by atoms with Crippen molar-refractivity contribution >= 4 is 40.2 Å². The van der Waals surface area contributed by atoms with Crippen molar-refractivity contribution in [3.8, 4) is 10.6 Å². The Balaban J connectivity index is 1.59. The molecule has 0 spiro atoms. The number of amides is 1. The summed E-state index contributed by atoms with van der Waals surface area (Å²) in [5.74, 6) is -0.233. The van der Waals surface area contributed by atoms with Gasteiger partial charge in [0.05, 0.1) is 0 Å². The minimum Gasteiger partial charge on any atom is -0.337 e. The van der Waals surface area contributed by atoms with Crippen LogP contribution >= 0.6 is 34.3 Å². The summed E-state index contributed by atoms with van der Waals surface area (Å²) >= 11 is 8.97. The topological polar surface area (TPSA) is 54.9 Å². The molecule has 4 nitrogen and oxygen atoms in total. The maximum absolute atomic E-state index is 12.8. The van der Waals surface area contributed by atoms with Crippen LogP contribution < -0.4 is 5.32 Å². The van der Waals surface area contributed by atoms with Crippen LogP contribution in [0.1, 0.15) is 27.1 Å². The van der Waals surface area contributed by atoms with Gasteiger partial charge in [-0.2, -0.15) is 0 Å². The van der Waals surface area contributed by atoms with Crippen molar-refractivity contribution < 1.29 is 4.79 Å². The van der Waals surface area contributed by atoms with E-state index in [1.165, 1.54) is 22.7 Å². The number of nitrogens with zero attached hydrogens (tertiary/aromatic N) is 2. The second-order valence-corrected chi connectivity index (χ2v) is 7.96. The van der Waals surface area contributed by atoms with E-state index in [1.807, 2.05) is 60.0 Å². The Hall–Kier alpha value is -2.54. The van der Waals surface area contributed by atoms with Gasteiger partial charge >= 0.3 is 0 Å². The first-order valence-electron chi connectivity index (χ1n) is 8.17. The van der Waals surface area contributed by atoms with Crippen molar-refractivity contribution in [2.45, 2.75) is 6.04 Å². The van der Waals surface area contributed by atoms with Crippen LogP contribution in [0.25, 0.3) is 10.6 Å². The highest BCUT2D eigenvalue weighted by Crippen LogP contribution is 2.27. The lowest BCUT2D eigenvalue weighted by Gasteiger charge is -2.16. The Morgan fingerprint density at radius 3 is 2.67 bits per heavy atom. The Kier molecular flexibility index (Phi) is 5.29. The zero-order valence-electron chi connectivity index (χ0n) is 14.0. The third-order valence-electron chi connectivity index (χ3n) is 3.92. The molecule has 2 aromatic heterocycles. The highest BCUT2D eigenvalue weighted by Gasteiger charge is 2.21. The van der Waals surface area contributed by atoms with Crippen LogP contribution in [-0.4, -0.2) is 15.9 Å². The number of benzene rings is 2. The molecule has 1 atom stereocenters. The molecule has 0 radical (unpaired) electrons. The summed E-state index contributed by atoms with van der Waals surface area (Å²) in [7, 11) is 0. The lowest BCUT2D eigenvalue weighted by Crippen LogP contribution is -2.29. The maximum Gasteiger partial charge on any atom is 0.271 e. The van der Waals surface area contributed by atoms with E-state index in [-0.39, 0.29) is 11.9 Å². The standard InChI is InChI=1S/C20H14ClN3OS2/c21-15-8-4-7-14(11-15)19-23-16(12-27-19)18(25)24-17(20-22-9-10-26-20)13-5-2-1-3-6-13/h1-12,17H,(H,24,25)/t17-/m1/s1. The van der Waals surface area contributed by atoms with E-state index in [1.54, 1.807) is 11.6 Å². The van der Waals surface area contributed by atoms with Gasteiger partial charge in [0, 0.05) is 27.5 Å². The Morgan fingerprint density at radius 1 is 1.07 bits per heavy atom. The fraction of sp³-hybridized carbons (Fsp3) is 0.0500. The van der Waals surface area contributed by atoms with Crippen molar-refractivity contribution in [2.24, 2.45) is 0 Å². The number of halogens is 1. The lowest BCUT2D eigenvalue weighted by atomic mass is 10.1. The van der Waals surface area contributed by atoms with E-state index < -0.39 is 0 Å². The third kappa shape index (κ3) is 4.08. The molecule has 0 unspecified atom stereocenters. The summed E-state index contributed by atoms with van der Waals surface area (Å²) in [6, 6.07) is 16.9. The molecule has 0 bridgehead atoms. The van der Waals surface area contributed by atoms with E-state index in [0.29, 0.717) is 10.7 Å². The van der Waals surface area contributed by atoms with Crippen LogP contribution in [0, 0.1) is 0 Å². The first kappa shape index (κ1) is 17.9. The summed E-state index contributed by atoms with van der Waals surface area (Å²) in [5.41, 5.74) is 2.25. The van der Waals surface area contributed by atoms with Crippen LogP contribution in [0.15, 0.2) is 71.6 Å². The highest BCUT2D eigenvalue weighted by molar-refractivity contribution is 7.13. The zero-order chi connectivity index (χ0) is 18.6. The average molecular weight is 412 g/mol. The second kappa shape index (κ2) is 8.00. The lowest BCUT2D eigenvalue weighted by molar-refractivity contribution is 0.0938. The summed E-state index contributed by atoms with van der Waals surface area (Å²) in [4.78, 5) is 21.7. The Labute approximate surface area is 169 Å². The predicted molar refractivity (Wildman–Crippen MR) is 110 cm³/mol. The van der Waals surface area contributed by atoms with Crippen molar-refractivity contribution in [2.75, 3.05) is 0 Å². The monoisotopic (exact) mass is 411 g/mol. The zero-order valence-corrected chi connectivity index (χ0v) is 16.4. The second-order valence-electron chi connectivity index (χ2n) is 5.74. The molecule has 4 rings (SSSR count). The molecule has 0 saturated carbocycles. The Morgan fingerprint density at radius 2 is 1.93 bits per heavy atom. The largest absolute Gasteiger partial charge is 0.337 e. The molecule has 2 aromatic carbocycles. The molecule has 2 heterocycles. The number of carbonyl (C=O) groups is 1. The molecule has 0 saturated heterocycles. The Bertz CT molecular complexity index is 1050. The SMILES string of the molecule is O=C(N[C@H](c1ccccc1)c1nccs1)c1csc(-c2cccc(Cl)c2)n1. The van der Waals surface area contributed by atoms with Gasteiger partial charge in [0.15, 0.2) is 0 Å². The van der Waals surface area contributed by atoms with Crippen molar-refractivity contribution in [3.63, 3.8) is 0 Å². The van der Waals surface area contributed by atoms with E-state index in [0.717, 1.165) is 21.1 Å². The number of hydrogen-bond donors (Lipinski definition) is 1. The summed E-state index contributed by atoms with van der Waals surface area (Å²) in [6.07, 6.45) is 1.74. The van der Waals surface area contributed by atoms with Gasteiger partial charge in [0.1, 0.15) is 21.8 Å². The number of thiazole rings is 2. The molecule has 0 aliphatic carbocycles. The first-order chi connectivity index (χ1) is 13.2. The summed E-state index contributed by atoms with van der Waals surface area (Å²) < 4.78 is 0. The highest BCUT2D eigenvalue weighted by atomic mass is 35.5. The van der Waals surface area contributed by atoms with Gasteiger partial charge in [-0.1, -0.05) is 54.1 Å². The summed E-state index contributed by atoms with van der Waals surface area (Å²) in [6.45, 7) is 0. The normalized spacial score (nSPS) is 11.9. The fourth-order valence-corrected chi connectivity index (χ4v) is 4.35. The van der Waals surface area contributed by atoms with Crippen molar-refractivity contribution in [1.82, 2.24) is 15.3 Å². The van der Waals surface area contributed by atoms with Gasteiger partial charge in [0.2, 0.25) is 0 Å². The number of nitrogens with one attached hydrogen (secondary N) is 1. The fourth-order valence-electron chi connectivity index (χ4n) is 2.65. The molecule has 0 fully saturated rings. The molecule has 1 N–H and O–H groups in total. The van der Waals surface area contributed by atoms with Crippen molar-refractivity contribution in [1.29, 1.82) is 0 Å². The molecule has 1 amide bonds. The number of hydrogen-bond acceptors (Lipinski definition) is 5. The molecule has 7 heteroatoms. The minimum absolute atomic E-state index is 0.233. The summed E-state index contributed by atoms with van der Waals surface area (Å²) in [5, 5.41) is 8.95. The van der Waals surface area contributed by atoms with Crippen LogP contribution in [0.2, 0.25) is 5.02 Å². The van der Waals surface area contributed by atoms with E-state index in [4.69, 9.17) is 11.6 Å². The maximum atomic E-state index is 12.8. The molecular weight excluding hydrogens is 398 g/mol. The van der Waals surface area contributed by atoms with Gasteiger partial charge in [-0.3, -0.25) is 4.79 Å². The van der Waals surface area contributed by atoms with Gasteiger partial charge in [-0.05, 0) is 17.7 Å². The predicted octanol–water partition coefficient (Wildman–Crippen LogP) is 5.44. The van der Waals surface area contributed by atoms with Gasteiger partial charge in [0.25, 0.3) is 5.91 Å². The van der Waals surface area contributed by atoms with Crippen LogP contribution in [0.4, 0.5) is 0 Å². The smallest absolute Gasteiger partial charge is 0.271 e. The third-order valence-corrected chi connectivity index (χ3v) is 5.88. The molecule has 4 aromatic rings.